The van der Waals surface area contributed by atoms with Crippen LogP contribution in [-0.4, -0.2) is 0 Å². The van der Waals surface area contributed by atoms with Gasteiger partial charge in [0.15, 0.2) is 0 Å². The van der Waals surface area contributed by atoms with Crippen molar-refractivity contribution in [1.82, 2.24) is 0 Å². The van der Waals surface area contributed by atoms with Crippen molar-refractivity contribution in [3.8, 4) is 0 Å². The fourth-order valence-electron chi connectivity index (χ4n) is 4.60. The third-order valence-corrected chi connectivity index (χ3v) is 4.77. The number of allylic oxidation sites excluding steroid dienone is 4. The van der Waals surface area contributed by atoms with Gasteiger partial charge in [0.05, 0.1) is 0 Å². The van der Waals surface area contributed by atoms with Gasteiger partial charge in [-0.1, -0.05) is 11.1 Å². The Morgan fingerprint density at radius 1 is 1.40 bits per heavy atom. The molecule has 10 heavy (non-hydrogen) atoms. The van der Waals surface area contributed by atoms with Gasteiger partial charge in [-0.2, -0.15) is 0 Å². The summed E-state index contributed by atoms with van der Waals surface area (Å²) in [7, 11) is 0. The molecule has 0 aromatic heterocycles. The quantitative estimate of drug-likeness (QED) is 0.468. The van der Waals surface area contributed by atoms with Gasteiger partial charge in [0.1, 0.15) is 0 Å². The van der Waals surface area contributed by atoms with Gasteiger partial charge in [-0.05, 0) is 30.4 Å². The van der Waals surface area contributed by atoms with Crippen LogP contribution in [0.5, 0.6) is 0 Å². The van der Waals surface area contributed by atoms with Crippen molar-refractivity contribution in [3.63, 3.8) is 0 Å². The molecule has 9 aliphatic carbocycles. The van der Waals surface area contributed by atoms with Crippen LogP contribution in [0.1, 0.15) is 19.3 Å². The molecule has 3 atom stereocenters. The highest BCUT2D eigenvalue weighted by Gasteiger charge is 2.80. The maximum Gasteiger partial charge on any atom is 0.0157 e. The Morgan fingerprint density at radius 3 is 3.00 bits per heavy atom. The first-order valence-corrected chi connectivity index (χ1v) is 4.41. The SMILES string of the molecule is C1CC23CC4C5=C1C(=C42)C53. The zero-order valence-corrected chi connectivity index (χ0v) is 5.78. The molecule has 0 aromatic rings. The van der Waals surface area contributed by atoms with E-state index in [1.807, 2.05) is 22.3 Å². The van der Waals surface area contributed by atoms with E-state index in [0.29, 0.717) is 0 Å². The Balaban J connectivity index is 2.19. The van der Waals surface area contributed by atoms with E-state index in [9.17, 15) is 0 Å². The van der Waals surface area contributed by atoms with Gasteiger partial charge in [0.25, 0.3) is 0 Å². The first-order chi connectivity index (χ1) is 4.93. The summed E-state index contributed by atoms with van der Waals surface area (Å²) in [6.07, 6.45) is 4.56. The highest BCUT2D eigenvalue weighted by Crippen LogP contribution is 2.90. The maximum atomic E-state index is 1.94. The second kappa shape index (κ2) is 0.677. The third kappa shape index (κ3) is 0.123. The van der Waals surface area contributed by atoms with Crippen molar-refractivity contribution in [2.45, 2.75) is 19.3 Å². The lowest BCUT2D eigenvalue weighted by atomic mass is 9.44. The van der Waals surface area contributed by atoms with Gasteiger partial charge in [-0.3, -0.25) is 0 Å². The molecule has 3 unspecified atom stereocenters. The molecule has 1 spiro atoms. The van der Waals surface area contributed by atoms with Crippen LogP contribution in [0.3, 0.4) is 0 Å². The summed E-state index contributed by atoms with van der Waals surface area (Å²) in [5, 5.41) is 0. The Bertz CT molecular complexity index is 353. The zero-order valence-electron chi connectivity index (χ0n) is 5.78. The van der Waals surface area contributed by atoms with Crippen molar-refractivity contribution in [3.05, 3.63) is 22.3 Å². The summed E-state index contributed by atoms with van der Waals surface area (Å²) in [6.45, 7) is 0. The van der Waals surface area contributed by atoms with Crippen molar-refractivity contribution >= 4 is 0 Å². The lowest BCUT2D eigenvalue weighted by molar-refractivity contribution is 0.133. The molecule has 48 valence electrons. The molecule has 0 radical (unpaired) electrons. The smallest absolute Gasteiger partial charge is 0.0157 e. The molecule has 0 N–H and O–H groups in total. The Labute approximate surface area is 59.6 Å². The van der Waals surface area contributed by atoms with E-state index in [4.69, 9.17) is 0 Å². The molecule has 0 aliphatic heterocycles. The van der Waals surface area contributed by atoms with Crippen molar-refractivity contribution < 1.29 is 0 Å². The highest BCUT2D eigenvalue weighted by atomic mass is 14.8. The monoisotopic (exact) mass is 128 g/mol. The van der Waals surface area contributed by atoms with E-state index in [2.05, 4.69) is 0 Å². The van der Waals surface area contributed by atoms with E-state index in [1.54, 1.807) is 6.42 Å². The van der Waals surface area contributed by atoms with Crippen LogP contribution >= 0.6 is 0 Å². The molecule has 0 heteroatoms. The van der Waals surface area contributed by atoms with E-state index in [1.165, 1.54) is 12.8 Å². The van der Waals surface area contributed by atoms with E-state index >= 15 is 0 Å². The zero-order chi connectivity index (χ0) is 6.09. The lowest BCUT2D eigenvalue weighted by Gasteiger charge is -2.59. The van der Waals surface area contributed by atoms with Crippen LogP contribution in [0, 0.1) is 17.3 Å². The molecule has 7 bridgehead atoms. The van der Waals surface area contributed by atoms with Gasteiger partial charge in [0.2, 0.25) is 0 Å². The van der Waals surface area contributed by atoms with Crippen LogP contribution in [0.2, 0.25) is 0 Å². The molecule has 3 saturated carbocycles. The molecule has 0 nitrogen and oxygen atoms in total. The van der Waals surface area contributed by atoms with E-state index in [0.717, 1.165) is 17.3 Å². The van der Waals surface area contributed by atoms with Gasteiger partial charge in [-0.25, -0.2) is 0 Å². The Morgan fingerprint density at radius 2 is 2.40 bits per heavy atom. The average Bonchev–Trinajstić information content (AvgIpc) is 2.46. The molecule has 0 amide bonds. The van der Waals surface area contributed by atoms with E-state index < -0.39 is 0 Å². The van der Waals surface area contributed by atoms with Crippen LogP contribution < -0.4 is 0 Å². The first kappa shape index (κ1) is 3.75. The number of hydrogen-bond acceptors (Lipinski definition) is 0. The van der Waals surface area contributed by atoms with Gasteiger partial charge in [0, 0.05) is 17.3 Å². The highest BCUT2D eigenvalue weighted by molar-refractivity contribution is 5.81. The second-order valence-electron chi connectivity index (χ2n) is 4.61. The maximum absolute atomic E-state index is 1.94. The van der Waals surface area contributed by atoms with Crippen molar-refractivity contribution in [2.24, 2.45) is 17.3 Å². The summed E-state index contributed by atoms with van der Waals surface area (Å²) in [6, 6.07) is 0. The summed E-state index contributed by atoms with van der Waals surface area (Å²) in [4.78, 5) is 0. The van der Waals surface area contributed by atoms with E-state index in [-0.39, 0.29) is 0 Å². The van der Waals surface area contributed by atoms with Crippen molar-refractivity contribution in [2.75, 3.05) is 0 Å². The minimum atomic E-state index is 0.844. The minimum Gasteiger partial charge on any atom is -0.0517 e. The third-order valence-electron chi connectivity index (χ3n) is 4.77. The summed E-state index contributed by atoms with van der Waals surface area (Å²) < 4.78 is 0. The summed E-state index contributed by atoms with van der Waals surface area (Å²) in [5.74, 6) is 2.11. The number of hydrogen-bond donors (Lipinski definition) is 0. The van der Waals surface area contributed by atoms with Crippen molar-refractivity contribution in [1.29, 1.82) is 0 Å². The molecule has 9 aliphatic rings. The van der Waals surface area contributed by atoms with Crippen LogP contribution in [0.4, 0.5) is 0 Å². The molecular weight excluding hydrogens is 120 g/mol. The molecule has 3 fully saturated rings. The van der Waals surface area contributed by atoms with Crippen LogP contribution in [-0.2, 0) is 0 Å². The molecular formula is C10H8. The topological polar surface area (TPSA) is 0 Å². The number of rotatable bonds is 0. The van der Waals surface area contributed by atoms with Crippen LogP contribution in [0.15, 0.2) is 22.3 Å². The fraction of sp³-hybridized carbons (Fsp3) is 0.600. The first-order valence-electron chi connectivity index (χ1n) is 4.41. The van der Waals surface area contributed by atoms with Gasteiger partial charge >= 0.3 is 0 Å². The van der Waals surface area contributed by atoms with Gasteiger partial charge in [-0.15, -0.1) is 0 Å². The predicted octanol–water partition coefficient (Wildman–Crippen LogP) is 2.04. The average molecular weight is 128 g/mol. The molecule has 0 saturated heterocycles. The Kier molecular flexibility index (Phi) is 0.254. The minimum absolute atomic E-state index is 0.844. The second-order valence-corrected chi connectivity index (χ2v) is 4.61. The predicted molar refractivity (Wildman–Crippen MR) is 37.3 cm³/mol. The van der Waals surface area contributed by atoms with Crippen LogP contribution in [0.25, 0.3) is 0 Å². The lowest BCUT2D eigenvalue weighted by Crippen LogP contribution is -2.49. The summed E-state index contributed by atoms with van der Waals surface area (Å²) >= 11 is 0. The summed E-state index contributed by atoms with van der Waals surface area (Å²) in [5.41, 5.74) is 8.42. The Hall–Kier alpha value is -0.520. The van der Waals surface area contributed by atoms with Gasteiger partial charge < -0.3 is 0 Å². The normalized spacial score (nSPS) is 62.4. The molecule has 0 heterocycles. The standard InChI is InChI=1S/C10H8/c1-2-10-3-5-6-4(1)7(8(5)10)9(6)10/h5,9H,1-3H2. The fourth-order valence-corrected chi connectivity index (χ4v) is 4.60. The molecule has 9 rings (SSSR count). The molecule has 0 aromatic carbocycles. The largest absolute Gasteiger partial charge is 0.0517 e.